The van der Waals surface area contributed by atoms with Crippen LogP contribution >= 0.6 is 0 Å². The van der Waals surface area contributed by atoms with Crippen molar-refractivity contribution in [2.75, 3.05) is 6.61 Å². The SMILES string of the molecule is CCCCCCCCCCCCOCc1ccc(C=O)o1. The molecular weight excluding hydrogens is 264 g/mol. The third-order valence-electron chi connectivity index (χ3n) is 3.69. The van der Waals surface area contributed by atoms with E-state index in [2.05, 4.69) is 6.92 Å². The van der Waals surface area contributed by atoms with Gasteiger partial charge in [-0.2, -0.15) is 0 Å². The summed E-state index contributed by atoms with van der Waals surface area (Å²) in [7, 11) is 0. The number of hydrogen-bond donors (Lipinski definition) is 0. The fraction of sp³-hybridized carbons (Fsp3) is 0.722. The van der Waals surface area contributed by atoms with Crippen LogP contribution in [0.3, 0.4) is 0 Å². The van der Waals surface area contributed by atoms with Gasteiger partial charge in [0, 0.05) is 6.61 Å². The Bertz CT molecular complexity index is 357. The maximum atomic E-state index is 10.5. The van der Waals surface area contributed by atoms with Crippen molar-refractivity contribution in [3.63, 3.8) is 0 Å². The average Bonchev–Trinajstić information content (AvgIpc) is 2.96. The average molecular weight is 294 g/mol. The molecule has 0 radical (unpaired) electrons. The predicted molar refractivity (Wildman–Crippen MR) is 85.6 cm³/mol. The highest BCUT2D eigenvalue weighted by Crippen LogP contribution is 2.11. The summed E-state index contributed by atoms with van der Waals surface area (Å²) >= 11 is 0. The van der Waals surface area contributed by atoms with E-state index in [1.807, 2.05) is 0 Å². The molecule has 0 saturated heterocycles. The van der Waals surface area contributed by atoms with Gasteiger partial charge in [0.05, 0.1) is 0 Å². The molecule has 1 rings (SSSR count). The molecule has 0 atom stereocenters. The smallest absolute Gasteiger partial charge is 0.185 e. The van der Waals surface area contributed by atoms with Crippen LogP contribution in [-0.2, 0) is 11.3 Å². The van der Waals surface area contributed by atoms with Crippen LogP contribution in [-0.4, -0.2) is 12.9 Å². The molecule has 1 heterocycles. The summed E-state index contributed by atoms with van der Waals surface area (Å²) < 4.78 is 10.8. The highest BCUT2D eigenvalue weighted by molar-refractivity contribution is 5.70. The van der Waals surface area contributed by atoms with Gasteiger partial charge in [0.15, 0.2) is 12.0 Å². The number of hydrogen-bond acceptors (Lipinski definition) is 3. The van der Waals surface area contributed by atoms with E-state index < -0.39 is 0 Å². The summed E-state index contributed by atoms with van der Waals surface area (Å²) in [6.07, 6.45) is 14.0. The first kappa shape index (κ1) is 18.0. The molecule has 0 aromatic carbocycles. The van der Waals surface area contributed by atoms with Crippen molar-refractivity contribution in [2.45, 2.75) is 77.7 Å². The number of rotatable bonds is 14. The molecule has 21 heavy (non-hydrogen) atoms. The second-order valence-corrected chi connectivity index (χ2v) is 5.66. The Morgan fingerprint density at radius 3 is 2.14 bits per heavy atom. The molecule has 0 saturated carbocycles. The van der Waals surface area contributed by atoms with Gasteiger partial charge in [0.2, 0.25) is 0 Å². The van der Waals surface area contributed by atoms with Crippen molar-refractivity contribution < 1.29 is 13.9 Å². The molecule has 0 bridgehead atoms. The highest BCUT2D eigenvalue weighted by atomic mass is 16.5. The predicted octanol–water partition coefficient (Wildman–Crippen LogP) is 5.53. The van der Waals surface area contributed by atoms with Gasteiger partial charge in [-0.25, -0.2) is 0 Å². The normalized spacial score (nSPS) is 10.9. The number of furan rings is 1. The van der Waals surface area contributed by atoms with Crippen LogP contribution in [0, 0.1) is 0 Å². The van der Waals surface area contributed by atoms with Crippen LogP contribution in [0.4, 0.5) is 0 Å². The van der Waals surface area contributed by atoms with Crippen LogP contribution in [0.1, 0.15) is 87.4 Å². The molecule has 0 unspecified atom stereocenters. The molecule has 1 aromatic heterocycles. The Labute approximate surface area is 129 Å². The minimum atomic E-state index is 0.368. The molecule has 0 amide bonds. The minimum absolute atomic E-state index is 0.368. The van der Waals surface area contributed by atoms with Crippen molar-refractivity contribution in [3.05, 3.63) is 23.7 Å². The van der Waals surface area contributed by atoms with E-state index in [1.165, 1.54) is 57.8 Å². The molecule has 0 N–H and O–H groups in total. The summed E-state index contributed by atoms with van der Waals surface area (Å²) in [5, 5.41) is 0. The van der Waals surface area contributed by atoms with Crippen LogP contribution in [0.5, 0.6) is 0 Å². The molecule has 120 valence electrons. The van der Waals surface area contributed by atoms with Crippen molar-refractivity contribution in [1.82, 2.24) is 0 Å². The van der Waals surface area contributed by atoms with Crippen LogP contribution < -0.4 is 0 Å². The first-order chi connectivity index (χ1) is 10.4. The Hall–Kier alpha value is -1.09. The van der Waals surface area contributed by atoms with Gasteiger partial charge in [0.25, 0.3) is 0 Å². The van der Waals surface area contributed by atoms with Crippen LogP contribution in [0.15, 0.2) is 16.5 Å². The van der Waals surface area contributed by atoms with Gasteiger partial charge in [-0.05, 0) is 18.6 Å². The number of aldehydes is 1. The summed E-state index contributed by atoms with van der Waals surface area (Å²) in [4.78, 5) is 10.5. The molecule has 1 aromatic rings. The van der Waals surface area contributed by atoms with Crippen molar-refractivity contribution in [1.29, 1.82) is 0 Å². The first-order valence-electron chi connectivity index (χ1n) is 8.48. The van der Waals surface area contributed by atoms with E-state index in [0.717, 1.165) is 18.8 Å². The number of ether oxygens (including phenoxy) is 1. The van der Waals surface area contributed by atoms with E-state index in [-0.39, 0.29) is 0 Å². The lowest BCUT2D eigenvalue weighted by Gasteiger charge is -2.03. The Kier molecular flexibility index (Phi) is 10.8. The highest BCUT2D eigenvalue weighted by Gasteiger charge is 2.00. The van der Waals surface area contributed by atoms with Crippen LogP contribution in [0.25, 0.3) is 0 Å². The minimum Gasteiger partial charge on any atom is -0.456 e. The zero-order valence-corrected chi connectivity index (χ0v) is 13.4. The third-order valence-corrected chi connectivity index (χ3v) is 3.69. The van der Waals surface area contributed by atoms with Crippen molar-refractivity contribution >= 4 is 6.29 Å². The van der Waals surface area contributed by atoms with Crippen molar-refractivity contribution in [2.24, 2.45) is 0 Å². The molecular formula is C18H30O3. The van der Waals surface area contributed by atoms with E-state index in [1.54, 1.807) is 12.1 Å². The zero-order chi connectivity index (χ0) is 15.2. The molecule has 0 fully saturated rings. The third kappa shape index (κ3) is 9.46. The zero-order valence-electron chi connectivity index (χ0n) is 13.4. The Morgan fingerprint density at radius 1 is 0.952 bits per heavy atom. The second kappa shape index (κ2) is 12.6. The summed E-state index contributed by atoms with van der Waals surface area (Å²) in [5.74, 6) is 1.09. The Morgan fingerprint density at radius 2 is 1.57 bits per heavy atom. The number of carbonyl (C=O) groups excluding carboxylic acids is 1. The van der Waals surface area contributed by atoms with Gasteiger partial charge in [-0.15, -0.1) is 0 Å². The van der Waals surface area contributed by atoms with E-state index in [0.29, 0.717) is 18.7 Å². The Balaban J connectivity index is 1.81. The van der Waals surface area contributed by atoms with E-state index >= 15 is 0 Å². The summed E-state index contributed by atoms with van der Waals surface area (Å²) in [6, 6.07) is 3.47. The molecule has 0 aliphatic rings. The molecule has 0 aliphatic heterocycles. The quantitative estimate of drug-likeness (QED) is 0.334. The fourth-order valence-corrected chi connectivity index (χ4v) is 2.40. The topological polar surface area (TPSA) is 39.4 Å². The maximum absolute atomic E-state index is 10.5. The second-order valence-electron chi connectivity index (χ2n) is 5.66. The lowest BCUT2D eigenvalue weighted by atomic mass is 10.1. The van der Waals surface area contributed by atoms with Gasteiger partial charge >= 0.3 is 0 Å². The largest absolute Gasteiger partial charge is 0.456 e. The fourth-order valence-electron chi connectivity index (χ4n) is 2.40. The number of carbonyl (C=O) groups is 1. The summed E-state index contributed by atoms with van der Waals surface area (Å²) in [6.45, 7) is 3.49. The summed E-state index contributed by atoms with van der Waals surface area (Å²) in [5.41, 5.74) is 0. The molecule has 0 spiro atoms. The molecule has 0 aliphatic carbocycles. The molecule has 3 nitrogen and oxygen atoms in total. The van der Waals surface area contributed by atoms with Gasteiger partial charge < -0.3 is 9.15 Å². The van der Waals surface area contributed by atoms with Crippen LogP contribution in [0.2, 0.25) is 0 Å². The van der Waals surface area contributed by atoms with Crippen molar-refractivity contribution in [3.8, 4) is 0 Å². The lowest BCUT2D eigenvalue weighted by Crippen LogP contribution is -1.94. The van der Waals surface area contributed by atoms with Gasteiger partial charge in [-0.3, -0.25) is 4.79 Å². The van der Waals surface area contributed by atoms with E-state index in [4.69, 9.17) is 9.15 Å². The monoisotopic (exact) mass is 294 g/mol. The van der Waals surface area contributed by atoms with Gasteiger partial charge in [-0.1, -0.05) is 64.7 Å². The standard InChI is InChI=1S/C18H30O3/c1-2-3-4-5-6-7-8-9-10-11-14-20-16-18-13-12-17(15-19)21-18/h12-13,15H,2-11,14,16H2,1H3. The first-order valence-corrected chi connectivity index (χ1v) is 8.48. The maximum Gasteiger partial charge on any atom is 0.185 e. The van der Waals surface area contributed by atoms with Gasteiger partial charge in [0.1, 0.15) is 12.4 Å². The molecule has 3 heteroatoms. The van der Waals surface area contributed by atoms with E-state index in [9.17, 15) is 4.79 Å². The lowest BCUT2D eigenvalue weighted by molar-refractivity contribution is 0.0986. The number of unbranched alkanes of at least 4 members (excludes halogenated alkanes) is 9.